The maximum Gasteiger partial charge on any atom is 0.350 e. The fourth-order valence-electron chi connectivity index (χ4n) is 1.77. The highest BCUT2D eigenvalue weighted by atomic mass is 32.1. The summed E-state index contributed by atoms with van der Waals surface area (Å²) in [5.41, 5.74) is 6.11. The molecule has 0 fully saturated rings. The number of thiophene rings is 1. The first-order chi connectivity index (χ1) is 8.99. The van der Waals surface area contributed by atoms with E-state index in [4.69, 9.17) is 5.73 Å². The van der Waals surface area contributed by atoms with E-state index < -0.39 is 5.97 Å². The van der Waals surface area contributed by atoms with Crippen LogP contribution in [0.3, 0.4) is 0 Å². The maximum absolute atomic E-state index is 12.1. The average molecular weight is 284 g/mol. The zero-order valence-corrected chi connectivity index (χ0v) is 12.3. The molecule has 19 heavy (non-hydrogen) atoms. The molecular weight excluding hydrogens is 264 g/mol. The minimum Gasteiger partial charge on any atom is -0.465 e. The Morgan fingerprint density at radius 3 is 2.68 bits per heavy atom. The van der Waals surface area contributed by atoms with Crippen molar-refractivity contribution in [2.24, 2.45) is 17.6 Å². The third kappa shape index (κ3) is 4.33. The number of anilines is 1. The number of nitrogens with two attached hydrogens (primary N) is 1. The predicted molar refractivity (Wildman–Crippen MR) is 76.3 cm³/mol. The molecule has 0 spiro atoms. The number of carbonyl (C=O) groups excluding carboxylic acids is 2. The Morgan fingerprint density at radius 2 is 2.16 bits per heavy atom. The van der Waals surface area contributed by atoms with Crippen LogP contribution in [0.1, 0.15) is 29.9 Å². The molecule has 1 heterocycles. The zero-order chi connectivity index (χ0) is 14.4. The second-order valence-corrected chi connectivity index (χ2v) is 5.62. The first-order valence-corrected chi connectivity index (χ1v) is 7.04. The molecule has 0 saturated heterocycles. The number of hydrogen-bond acceptors (Lipinski definition) is 5. The molecule has 0 saturated carbocycles. The molecule has 0 aliphatic heterocycles. The summed E-state index contributed by atoms with van der Waals surface area (Å²) in [4.78, 5) is 24.0. The fourth-order valence-corrected chi connectivity index (χ4v) is 2.54. The number of methoxy groups -OCH3 is 1. The standard InChI is InChI=1S/C13H20N2O3S/c1-8(2)6-9(7-14)12(16)15-10-4-5-19-11(10)13(17)18-3/h4-5,8-9H,6-7,14H2,1-3H3,(H,15,16). The van der Waals surface area contributed by atoms with Gasteiger partial charge in [0.15, 0.2) is 0 Å². The van der Waals surface area contributed by atoms with Gasteiger partial charge in [0.2, 0.25) is 5.91 Å². The first-order valence-electron chi connectivity index (χ1n) is 6.16. The van der Waals surface area contributed by atoms with Crippen LogP contribution in [0.2, 0.25) is 0 Å². The second-order valence-electron chi connectivity index (χ2n) is 4.71. The third-order valence-corrected chi connectivity index (χ3v) is 3.60. The molecule has 0 radical (unpaired) electrons. The Kier molecular flexibility index (Phi) is 5.98. The summed E-state index contributed by atoms with van der Waals surface area (Å²) in [5, 5.41) is 4.49. The van der Waals surface area contributed by atoms with E-state index in [-0.39, 0.29) is 11.8 Å². The van der Waals surface area contributed by atoms with E-state index in [2.05, 4.69) is 10.1 Å². The minimum absolute atomic E-state index is 0.153. The van der Waals surface area contributed by atoms with Gasteiger partial charge in [0.1, 0.15) is 4.88 Å². The van der Waals surface area contributed by atoms with E-state index in [9.17, 15) is 9.59 Å². The van der Waals surface area contributed by atoms with Crippen molar-refractivity contribution in [1.29, 1.82) is 0 Å². The number of amides is 1. The molecule has 3 N–H and O–H groups in total. The Hall–Kier alpha value is -1.40. The highest BCUT2D eigenvalue weighted by molar-refractivity contribution is 7.12. The van der Waals surface area contributed by atoms with Crippen molar-refractivity contribution in [3.8, 4) is 0 Å². The van der Waals surface area contributed by atoms with Gasteiger partial charge < -0.3 is 15.8 Å². The summed E-state index contributed by atoms with van der Waals surface area (Å²) < 4.78 is 4.66. The third-order valence-electron chi connectivity index (χ3n) is 2.71. The van der Waals surface area contributed by atoms with E-state index in [1.54, 1.807) is 11.4 Å². The Labute approximate surface area is 117 Å². The lowest BCUT2D eigenvalue weighted by Gasteiger charge is -2.16. The quantitative estimate of drug-likeness (QED) is 0.784. The number of ether oxygens (including phenoxy) is 1. The lowest BCUT2D eigenvalue weighted by Crippen LogP contribution is -2.30. The van der Waals surface area contributed by atoms with Gasteiger partial charge in [-0.1, -0.05) is 13.8 Å². The van der Waals surface area contributed by atoms with Crippen LogP contribution in [-0.4, -0.2) is 25.5 Å². The smallest absolute Gasteiger partial charge is 0.350 e. The number of rotatable bonds is 6. The van der Waals surface area contributed by atoms with Gasteiger partial charge in [0.05, 0.1) is 18.7 Å². The van der Waals surface area contributed by atoms with Crippen LogP contribution in [0, 0.1) is 11.8 Å². The molecule has 5 nitrogen and oxygen atoms in total. The Bertz CT molecular complexity index is 443. The normalized spacial score (nSPS) is 12.3. The number of nitrogens with one attached hydrogen (secondary N) is 1. The van der Waals surface area contributed by atoms with Crippen LogP contribution in [0.5, 0.6) is 0 Å². The summed E-state index contributed by atoms with van der Waals surface area (Å²) in [5.74, 6) is -0.453. The molecule has 0 aliphatic carbocycles. The Morgan fingerprint density at radius 1 is 1.47 bits per heavy atom. The molecule has 0 aromatic carbocycles. The first kappa shape index (κ1) is 15.7. The molecule has 0 bridgehead atoms. The number of hydrogen-bond donors (Lipinski definition) is 2. The van der Waals surface area contributed by atoms with Gasteiger partial charge >= 0.3 is 5.97 Å². The van der Waals surface area contributed by atoms with E-state index in [0.29, 0.717) is 23.0 Å². The van der Waals surface area contributed by atoms with Crippen molar-refractivity contribution in [2.45, 2.75) is 20.3 Å². The molecule has 1 rings (SSSR count). The molecule has 1 unspecified atom stereocenters. The molecule has 0 aliphatic rings. The van der Waals surface area contributed by atoms with Gasteiger partial charge in [-0.15, -0.1) is 11.3 Å². The van der Waals surface area contributed by atoms with E-state index >= 15 is 0 Å². The van der Waals surface area contributed by atoms with Crippen LogP contribution in [0.25, 0.3) is 0 Å². The molecule has 1 aromatic heterocycles. The van der Waals surface area contributed by atoms with Crippen molar-refractivity contribution in [3.05, 3.63) is 16.3 Å². The largest absolute Gasteiger partial charge is 0.465 e. The zero-order valence-electron chi connectivity index (χ0n) is 11.4. The van der Waals surface area contributed by atoms with Crippen LogP contribution in [0.15, 0.2) is 11.4 Å². The van der Waals surface area contributed by atoms with Gasteiger partial charge in [-0.2, -0.15) is 0 Å². The Balaban J connectivity index is 2.76. The summed E-state index contributed by atoms with van der Waals surface area (Å²) >= 11 is 1.24. The highest BCUT2D eigenvalue weighted by Crippen LogP contribution is 2.24. The fraction of sp³-hybridized carbons (Fsp3) is 0.538. The summed E-state index contributed by atoms with van der Waals surface area (Å²) in [6.45, 7) is 4.38. The van der Waals surface area contributed by atoms with E-state index in [1.165, 1.54) is 18.4 Å². The predicted octanol–water partition coefficient (Wildman–Crippen LogP) is 2.09. The minimum atomic E-state index is -0.446. The monoisotopic (exact) mass is 284 g/mol. The van der Waals surface area contributed by atoms with Gasteiger partial charge in [-0.25, -0.2) is 4.79 Å². The van der Waals surface area contributed by atoms with Gasteiger partial charge in [-0.05, 0) is 23.8 Å². The summed E-state index contributed by atoms with van der Waals surface area (Å²) in [6.07, 6.45) is 0.722. The second kappa shape index (κ2) is 7.25. The average Bonchev–Trinajstić information content (AvgIpc) is 2.82. The van der Waals surface area contributed by atoms with Gasteiger partial charge in [0.25, 0.3) is 0 Å². The highest BCUT2D eigenvalue weighted by Gasteiger charge is 2.21. The van der Waals surface area contributed by atoms with Gasteiger partial charge in [-0.3, -0.25) is 4.79 Å². The SMILES string of the molecule is COC(=O)c1sccc1NC(=O)C(CN)CC(C)C. The van der Waals surface area contributed by atoms with Crippen LogP contribution >= 0.6 is 11.3 Å². The van der Waals surface area contributed by atoms with Crippen molar-refractivity contribution < 1.29 is 14.3 Å². The lowest BCUT2D eigenvalue weighted by atomic mass is 9.96. The van der Waals surface area contributed by atoms with Crippen LogP contribution in [-0.2, 0) is 9.53 Å². The molecule has 1 aromatic rings. The molecular formula is C13H20N2O3S. The molecule has 1 atom stereocenters. The number of carbonyl (C=O) groups is 2. The lowest BCUT2D eigenvalue weighted by molar-refractivity contribution is -0.120. The van der Waals surface area contributed by atoms with Crippen molar-refractivity contribution in [2.75, 3.05) is 19.0 Å². The molecule has 106 valence electrons. The maximum atomic E-state index is 12.1. The van der Waals surface area contributed by atoms with E-state index in [1.807, 2.05) is 13.8 Å². The van der Waals surface area contributed by atoms with Crippen LogP contribution in [0.4, 0.5) is 5.69 Å². The topological polar surface area (TPSA) is 81.4 Å². The van der Waals surface area contributed by atoms with Gasteiger partial charge in [0, 0.05) is 6.54 Å². The van der Waals surface area contributed by atoms with Crippen molar-refractivity contribution in [3.63, 3.8) is 0 Å². The van der Waals surface area contributed by atoms with Crippen LogP contribution < -0.4 is 11.1 Å². The van der Waals surface area contributed by atoms with Crippen molar-refractivity contribution in [1.82, 2.24) is 0 Å². The van der Waals surface area contributed by atoms with Crippen molar-refractivity contribution >= 4 is 28.9 Å². The summed E-state index contributed by atoms with van der Waals surface area (Å²) in [6, 6.07) is 1.69. The van der Waals surface area contributed by atoms with E-state index in [0.717, 1.165) is 6.42 Å². The molecule has 1 amide bonds. The summed E-state index contributed by atoms with van der Waals surface area (Å²) in [7, 11) is 1.31. The molecule has 6 heteroatoms. The number of esters is 1.